The molecule has 6 heteroatoms. The lowest BCUT2D eigenvalue weighted by molar-refractivity contribution is -0.0985. The van der Waals surface area contributed by atoms with Gasteiger partial charge >= 0.3 is 0 Å². The second kappa shape index (κ2) is 6.22. The molecule has 0 saturated carbocycles. The highest BCUT2D eigenvalue weighted by Crippen LogP contribution is 2.23. The van der Waals surface area contributed by atoms with E-state index in [2.05, 4.69) is 16.9 Å². The molecule has 0 bridgehead atoms. The fourth-order valence-corrected chi connectivity index (χ4v) is 3.09. The molecule has 1 unspecified atom stereocenters. The minimum absolute atomic E-state index is 0.0201. The van der Waals surface area contributed by atoms with E-state index in [0.717, 1.165) is 38.3 Å². The van der Waals surface area contributed by atoms with Gasteiger partial charge in [-0.3, -0.25) is 9.58 Å². The first-order valence-corrected chi connectivity index (χ1v) is 7.41. The highest BCUT2D eigenvalue weighted by molar-refractivity contribution is 5.28. The van der Waals surface area contributed by atoms with Gasteiger partial charge in [-0.2, -0.15) is 5.10 Å². The maximum absolute atomic E-state index is 9.47. The largest absolute Gasteiger partial charge is 0.390 e. The van der Waals surface area contributed by atoms with Crippen LogP contribution in [0.25, 0.3) is 0 Å². The van der Waals surface area contributed by atoms with E-state index in [0.29, 0.717) is 19.8 Å². The normalized spacial score (nSPS) is 23.8. The Kier molecular flexibility index (Phi) is 4.35. The van der Waals surface area contributed by atoms with E-state index < -0.39 is 0 Å². The van der Waals surface area contributed by atoms with Crippen molar-refractivity contribution in [3.05, 3.63) is 17.0 Å². The van der Waals surface area contributed by atoms with Gasteiger partial charge in [0.1, 0.15) is 0 Å². The Morgan fingerprint density at radius 2 is 2.30 bits per heavy atom. The van der Waals surface area contributed by atoms with Crippen molar-refractivity contribution in [2.45, 2.75) is 39.1 Å². The first-order valence-electron chi connectivity index (χ1n) is 7.41. The molecule has 2 aliphatic heterocycles. The lowest BCUT2D eigenvalue weighted by atomic mass is 10.0. The lowest BCUT2D eigenvalue weighted by Crippen LogP contribution is -2.42. The van der Waals surface area contributed by atoms with E-state index >= 15 is 0 Å². The van der Waals surface area contributed by atoms with Gasteiger partial charge in [0.25, 0.3) is 0 Å². The Bertz CT molecular complexity index is 455. The molecule has 1 aromatic rings. The summed E-state index contributed by atoms with van der Waals surface area (Å²) >= 11 is 0. The summed E-state index contributed by atoms with van der Waals surface area (Å²) in [6.45, 7) is 7.82. The summed E-state index contributed by atoms with van der Waals surface area (Å²) in [6.07, 6.45) is 1.16. The number of fused-ring (bicyclic) bond motifs is 1. The first kappa shape index (κ1) is 14.0. The molecule has 2 aliphatic rings. The van der Waals surface area contributed by atoms with Gasteiger partial charge in [0.2, 0.25) is 0 Å². The van der Waals surface area contributed by atoms with Crippen LogP contribution in [0, 0.1) is 0 Å². The van der Waals surface area contributed by atoms with Gasteiger partial charge in [0, 0.05) is 43.9 Å². The highest BCUT2D eigenvalue weighted by Gasteiger charge is 2.26. The molecule has 0 amide bonds. The number of ether oxygens (including phenoxy) is 2. The zero-order valence-electron chi connectivity index (χ0n) is 12.0. The lowest BCUT2D eigenvalue weighted by Gasteiger charge is -2.32. The van der Waals surface area contributed by atoms with Crippen molar-refractivity contribution < 1.29 is 14.6 Å². The van der Waals surface area contributed by atoms with Crippen LogP contribution >= 0.6 is 0 Å². The van der Waals surface area contributed by atoms with Crippen LogP contribution in [0.4, 0.5) is 0 Å². The Morgan fingerprint density at radius 1 is 1.40 bits per heavy atom. The highest BCUT2D eigenvalue weighted by atomic mass is 16.6. The molecule has 3 heterocycles. The number of nitrogens with zero attached hydrogens (tertiary/aromatic N) is 3. The molecule has 3 rings (SSSR count). The molecule has 20 heavy (non-hydrogen) atoms. The van der Waals surface area contributed by atoms with E-state index in [4.69, 9.17) is 9.47 Å². The molecule has 112 valence electrons. The van der Waals surface area contributed by atoms with E-state index in [9.17, 15) is 5.11 Å². The number of aryl methyl sites for hydroxylation is 1. The first-order chi connectivity index (χ1) is 9.81. The zero-order chi connectivity index (χ0) is 13.9. The van der Waals surface area contributed by atoms with Crippen molar-refractivity contribution in [1.29, 1.82) is 0 Å². The molecule has 0 spiro atoms. The molecular formula is C14H23N3O3. The summed E-state index contributed by atoms with van der Waals surface area (Å²) in [5, 5.41) is 14.0. The van der Waals surface area contributed by atoms with Crippen LogP contribution in [0.1, 0.15) is 23.9 Å². The average molecular weight is 281 g/mol. The summed E-state index contributed by atoms with van der Waals surface area (Å²) < 4.78 is 13.2. The summed E-state index contributed by atoms with van der Waals surface area (Å²) in [4.78, 5) is 2.38. The van der Waals surface area contributed by atoms with Crippen molar-refractivity contribution in [1.82, 2.24) is 14.7 Å². The van der Waals surface area contributed by atoms with Crippen LogP contribution in [0.2, 0.25) is 0 Å². The molecule has 6 nitrogen and oxygen atoms in total. The molecule has 1 fully saturated rings. The van der Waals surface area contributed by atoms with Crippen molar-refractivity contribution >= 4 is 0 Å². The fraction of sp³-hybridized carbons (Fsp3) is 0.786. The Labute approximate surface area is 119 Å². The molecule has 0 radical (unpaired) electrons. The summed E-state index contributed by atoms with van der Waals surface area (Å²) in [5.41, 5.74) is 3.32. The molecule has 1 saturated heterocycles. The molecule has 0 aromatic carbocycles. The predicted molar refractivity (Wildman–Crippen MR) is 73.4 cm³/mol. The van der Waals surface area contributed by atoms with Crippen LogP contribution in [-0.2, 0) is 35.6 Å². The summed E-state index contributed by atoms with van der Waals surface area (Å²) in [5.74, 6) is 0. The van der Waals surface area contributed by atoms with E-state index in [1.165, 1.54) is 11.3 Å². The van der Waals surface area contributed by atoms with Crippen LogP contribution in [0.5, 0.6) is 0 Å². The van der Waals surface area contributed by atoms with Crippen molar-refractivity contribution in [3.63, 3.8) is 0 Å². The maximum atomic E-state index is 9.47. The van der Waals surface area contributed by atoms with Crippen LogP contribution < -0.4 is 0 Å². The summed E-state index contributed by atoms with van der Waals surface area (Å²) in [7, 11) is 0. The van der Waals surface area contributed by atoms with Gasteiger partial charge in [-0.15, -0.1) is 0 Å². The number of hydrogen-bond acceptors (Lipinski definition) is 5. The third-order valence-electron chi connectivity index (χ3n) is 4.09. The SMILES string of the molecule is CCn1nc(CO)c2c1CCN(CC1COCCO1)C2. The Balaban J connectivity index is 1.69. The number of hydrogen-bond donors (Lipinski definition) is 1. The molecule has 1 N–H and O–H groups in total. The van der Waals surface area contributed by atoms with Gasteiger partial charge in [-0.25, -0.2) is 0 Å². The second-order valence-corrected chi connectivity index (χ2v) is 5.40. The van der Waals surface area contributed by atoms with Gasteiger partial charge in [0.15, 0.2) is 0 Å². The molecular weight excluding hydrogens is 258 g/mol. The van der Waals surface area contributed by atoms with E-state index in [-0.39, 0.29) is 12.7 Å². The molecule has 1 atom stereocenters. The standard InChI is InChI=1S/C14H23N3O3/c1-2-17-14-3-4-16(7-11-10-19-5-6-20-11)8-12(14)13(9-18)15-17/h11,18H,2-10H2,1H3. The minimum atomic E-state index is 0.0201. The van der Waals surface area contributed by atoms with Crippen LogP contribution in [-0.4, -0.2) is 58.8 Å². The molecule has 0 aliphatic carbocycles. The maximum Gasteiger partial charge on any atom is 0.0936 e. The van der Waals surface area contributed by atoms with Gasteiger partial charge in [-0.05, 0) is 6.92 Å². The topological polar surface area (TPSA) is 59.8 Å². The fourth-order valence-electron chi connectivity index (χ4n) is 3.09. The predicted octanol–water partition coefficient (Wildman–Crippen LogP) is 0.169. The second-order valence-electron chi connectivity index (χ2n) is 5.40. The number of aliphatic hydroxyl groups is 1. The van der Waals surface area contributed by atoms with Crippen LogP contribution in [0.3, 0.4) is 0 Å². The number of aliphatic hydroxyl groups excluding tert-OH is 1. The Morgan fingerprint density at radius 3 is 3.00 bits per heavy atom. The van der Waals surface area contributed by atoms with Gasteiger partial charge in [-0.1, -0.05) is 0 Å². The van der Waals surface area contributed by atoms with Crippen molar-refractivity contribution in [3.8, 4) is 0 Å². The van der Waals surface area contributed by atoms with Crippen molar-refractivity contribution in [2.24, 2.45) is 0 Å². The Hall–Kier alpha value is -0.950. The van der Waals surface area contributed by atoms with Crippen LogP contribution in [0.15, 0.2) is 0 Å². The van der Waals surface area contributed by atoms with E-state index in [1.807, 2.05) is 4.68 Å². The zero-order valence-corrected chi connectivity index (χ0v) is 12.0. The minimum Gasteiger partial charge on any atom is -0.390 e. The number of aromatic nitrogens is 2. The average Bonchev–Trinajstić information content (AvgIpc) is 2.85. The third-order valence-corrected chi connectivity index (χ3v) is 4.09. The number of rotatable bonds is 4. The van der Waals surface area contributed by atoms with E-state index in [1.54, 1.807) is 0 Å². The monoisotopic (exact) mass is 281 g/mol. The van der Waals surface area contributed by atoms with Gasteiger partial charge < -0.3 is 14.6 Å². The quantitative estimate of drug-likeness (QED) is 0.852. The third kappa shape index (κ3) is 2.74. The van der Waals surface area contributed by atoms with Crippen molar-refractivity contribution in [2.75, 3.05) is 32.9 Å². The molecule has 1 aromatic heterocycles. The van der Waals surface area contributed by atoms with Gasteiger partial charge in [0.05, 0.1) is 38.2 Å². The summed E-state index contributed by atoms with van der Waals surface area (Å²) in [6, 6.07) is 0. The smallest absolute Gasteiger partial charge is 0.0936 e.